The van der Waals surface area contributed by atoms with E-state index in [1.807, 2.05) is 0 Å². The van der Waals surface area contributed by atoms with E-state index in [9.17, 15) is 19.5 Å². The van der Waals surface area contributed by atoms with Crippen molar-refractivity contribution < 1.29 is 19.5 Å². The minimum Gasteiger partial charge on any atom is -0.481 e. The topological polar surface area (TPSA) is 122 Å². The Morgan fingerprint density at radius 2 is 1.86 bits per heavy atom. The number of aliphatic carboxylic acids is 1. The summed E-state index contributed by atoms with van der Waals surface area (Å²) in [4.78, 5) is 34.2. The fourth-order valence-corrected chi connectivity index (χ4v) is 2.81. The first-order valence-electron chi connectivity index (χ1n) is 7.39. The van der Waals surface area contributed by atoms with Gasteiger partial charge in [0, 0.05) is 6.54 Å². The van der Waals surface area contributed by atoms with Gasteiger partial charge in [0.25, 0.3) is 0 Å². The van der Waals surface area contributed by atoms with Gasteiger partial charge in [0.15, 0.2) is 0 Å². The number of carbonyl (C=O) groups is 3. The molecule has 1 aliphatic carbocycles. The molecule has 1 saturated carbocycles. The zero-order valence-corrected chi connectivity index (χ0v) is 12.6. The lowest BCUT2D eigenvalue weighted by Crippen LogP contribution is -2.52. The summed E-state index contributed by atoms with van der Waals surface area (Å²) in [7, 11) is 0. The standard InChI is InChI=1S/C14H25N3O4/c1-8(2)11(17-14(15)21)12(18)16-7-9-5-3-4-6-10(9)13(19)20/h8-11H,3-7H2,1-2H3,(H,16,18)(H,19,20)(H3,15,17,21). The van der Waals surface area contributed by atoms with Crippen LogP contribution in [0.4, 0.5) is 4.79 Å². The molecule has 7 nitrogen and oxygen atoms in total. The molecule has 0 aromatic heterocycles. The van der Waals surface area contributed by atoms with Gasteiger partial charge in [0.2, 0.25) is 5.91 Å². The van der Waals surface area contributed by atoms with Crippen LogP contribution in [0.15, 0.2) is 0 Å². The van der Waals surface area contributed by atoms with Crippen molar-refractivity contribution in [3.05, 3.63) is 0 Å². The molecule has 5 N–H and O–H groups in total. The number of amides is 3. The van der Waals surface area contributed by atoms with Crippen LogP contribution in [0.2, 0.25) is 0 Å². The maximum Gasteiger partial charge on any atom is 0.312 e. The number of carbonyl (C=O) groups excluding carboxylic acids is 2. The molecule has 120 valence electrons. The maximum absolute atomic E-state index is 12.1. The summed E-state index contributed by atoms with van der Waals surface area (Å²) in [5.41, 5.74) is 5.06. The molecule has 0 bridgehead atoms. The van der Waals surface area contributed by atoms with Crippen LogP contribution in [-0.2, 0) is 9.59 Å². The van der Waals surface area contributed by atoms with E-state index in [4.69, 9.17) is 5.73 Å². The predicted molar refractivity (Wildman–Crippen MR) is 77.4 cm³/mol. The summed E-state index contributed by atoms with van der Waals surface area (Å²) in [6, 6.07) is -1.45. The lowest BCUT2D eigenvalue weighted by Gasteiger charge is -2.29. The summed E-state index contributed by atoms with van der Waals surface area (Å²) < 4.78 is 0. The van der Waals surface area contributed by atoms with E-state index in [1.165, 1.54) is 0 Å². The molecule has 0 saturated heterocycles. The number of rotatable bonds is 6. The van der Waals surface area contributed by atoms with Crippen LogP contribution < -0.4 is 16.4 Å². The zero-order chi connectivity index (χ0) is 16.0. The van der Waals surface area contributed by atoms with Crippen molar-refractivity contribution in [1.29, 1.82) is 0 Å². The Morgan fingerprint density at radius 1 is 1.24 bits per heavy atom. The molecule has 0 aliphatic heterocycles. The van der Waals surface area contributed by atoms with E-state index in [2.05, 4.69) is 10.6 Å². The fourth-order valence-electron chi connectivity index (χ4n) is 2.81. The number of urea groups is 1. The van der Waals surface area contributed by atoms with Gasteiger partial charge >= 0.3 is 12.0 Å². The number of primary amides is 1. The van der Waals surface area contributed by atoms with Crippen LogP contribution in [0.25, 0.3) is 0 Å². The van der Waals surface area contributed by atoms with Gasteiger partial charge in [-0.25, -0.2) is 4.79 Å². The molecule has 0 radical (unpaired) electrons. The van der Waals surface area contributed by atoms with Crippen LogP contribution in [0.1, 0.15) is 39.5 Å². The van der Waals surface area contributed by atoms with Gasteiger partial charge in [-0.1, -0.05) is 26.7 Å². The Balaban J connectivity index is 2.56. The predicted octanol–water partition coefficient (Wildman–Crippen LogP) is 0.687. The largest absolute Gasteiger partial charge is 0.481 e. The number of hydrogen-bond donors (Lipinski definition) is 4. The Bertz CT molecular complexity index is 398. The first-order chi connectivity index (χ1) is 9.82. The molecule has 0 spiro atoms. The van der Waals surface area contributed by atoms with E-state index in [0.29, 0.717) is 13.0 Å². The Kier molecular flexibility index (Phi) is 6.45. The highest BCUT2D eigenvalue weighted by Crippen LogP contribution is 2.29. The fraction of sp³-hybridized carbons (Fsp3) is 0.786. The number of hydrogen-bond acceptors (Lipinski definition) is 3. The quantitative estimate of drug-likeness (QED) is 0.576. The third-order valence-corrected chi connectivity index (χ3v) is 4.01. The third kappa shape index (κ3) is 5.24. The molecule has 7 heteroatoms. The van der Waals surface area contributed by atoms with E-state index in [-0.39, 0.29) is 17.7 Å². The molecule has 3 atom stereocenters. The minimum absolute atomic E-state index is 0.0541. The second kappa shape index (κ2) is 7.85. The van der Waals surface area contributed by atoms with Gasteiger partial charge in [-0.2, -0.15) is 0 Å². The summed E-state index contributed by atoms with van der Waals surface area (Å²) in [6.45, 7) is 3.93. The van der Waals surface area contributed by atoms with E-state index in [1.54, 1.807) is 13.8 Å². The van der Waals surface area contributed by atoms with Crippen molar-refractivity contribution in [3.63, 3.8) is 0 Å². The normalized spacial score (nSPS) is 23.4. The molecule has 0 aromatic rings. The molecule has 1 aliphatic rings. The number of nitrogens with two attached hydrogens (primary N) is 1. The second-order valence-electron chi connectivity index (χ2n) is 5.96. The van der Waals surface area contributed by atoms with Crippen molar-refractivity contribution in [1.82, 2.24) is 10.6 Å². The average Bonchev–Trinajstić information content (AvgIpc) is 2.41. The van der Waals surface area contributed by atoms with Gasteiger partial charge in [0.1, 0.15) is 6.04 Å². The zero-order valence-electron chi connectivity index (χ0n) is 12.6. The van der Waals surface area contributed by atoms with Crippen molar-refractivity contribution in [2.45, 2.75) is 45.6 Å². The summed E-state index contributed by atoms with van der Waals surface area (Å²) in [6.07, 6.45) is 3.35. The van der Waals surface area contributed by atoms with Crippen molar-refractivity contribution in [2.75, 3.05) is 6.54 Å². The maximum atomic E-state index is 12.1. The summed E-state index contributed by atoms with van der Waals surface area (Å²) in [5, 5.41) is 14.4. The van der Waals surface area contributed by atoms with Crippen LogP contribution in [0.5, 0.6) is 0 Å². The number of nitrogens with one attached hydrogen (secondary N) is 2. The lowest BCUT2D eigenvalue weighted by molar-refractivity contribution is -0.145. The first-order valence-corrected chi connectivity index (χ1v) is 7.39. The van der Waals surface area contributed by atoms with Crippen LogP contribution >= 0.6 is 0 Å². The van der Waals surface area contributed by atoms with Gasteiger partial charge in [0.05, 0.1) is 5.92 Å². The van der Waals surface area contributed by atoms with Crippen molar-refractivity contribution in [3.8, 4) is 0 Å². The molecule has 0 aromatic carbocycles. The highest BCUT2D eigenvalue weighted by molar-refractivity contribution is 5.86. The smallest absolute Gasteiger partial charge is 0.312 e. The molecule has 3 unspecified atom stereocenters. The van der Waals surface area contributed by atoms with Crippen molar-refractivity contribution in [2.24, 2.45) is 23.5 Å². The molecule has 3 amide bonds. The van der Waals surface area contributed by atoms with E-state index >= 15 is 0 Å². The second-order valence-corrected chi connectivity index (χ2v) is 5.96. The van der Waals surface area contributed by atoms with Gasteiger partial charge in [-0.3, -0.25) is 9.59 Å². The van der Waals surface area contributed by atoms with Gasteiger partial charge < -0.3 is 21.5 Å². The number of carboxylic acids is 1. The van der Waals surface area contributed by atoms with Gasteiger partial charge in [-0.15, -0.1) is 0 Å². The molecule has 0 heterocycles. The Hall–Kier alpha value is -1.79. The third-order valence-electron chi connectivity index (χ3n) is 4.01. The summed E-state index contributed by atoms with van der Waals surface area (Å²) in [5.74, 6) is -1.68. The highest BCUT2D eigenvalue weighted by atomic mass is 16.4. The van der Waals surface area contributed by atoms with Crippen molar-refractivity contribution >= 4 is 17.9 Å². The van der Waals surface area contributed by atoms with Gasteiger partial charge in [-0.05, 0) is 24.7 Å². The van der Waals surface area contributed by atoms with E-state index in [0.717, 1.165) is 19.3 Å². The van der Waals surface area contributed by atoms with E-state index < -0.39 is 24.0 Å². The Morgan fingerprint density at radius 3 is 2.38 bits per heavy atom. The first kappa shape index (κ1) is 17.3. The molecule has 21 heavy (non-hydrogen) atoms. The molecular weight excluding hydrogens is 274 g/mol. The Labute approximate surface area is 124 Å². The lowest BCUT2D eigenvalue weighted by atomic mass is 9.79. The molecular formula is C14H25N3O4. The SMILES string of the molecule is CC(C)C(NC(N)=O)C(=O)NCC1CCCCC1C(=O)O. The van der Waals surface area contributed by atoms with Crippen LogP contribution in [0, 0.1) is 17.8 Å². The minimum atomic E-state index is -0.801. The molecule has 1 rings (SSSR count). The average molecular weight is 299 g/mol. The summed E-state index contributed by atoms with van der Waals surface area (Å²) >= 11 is 0. The van der Waals surface area contributed by atoms with Crippen LogP contribution in [-0.4, -0.2) is 35.6 Å². The number of carboxylic acid groups (broad SMARTS) is 1. The molecule has 1 fully saturated rings. The highest BCUT2D eigenvalue weighted by Gasteiger charge is 2.32. The monoisotopic (exact) mass is 299 g/mol. The van der Waals surface area contributed by atoms with Crippen LogP contribution in [0.3, 0.4) is 0 Å².